The van der Waals surface area contributed by atoms with Crippen molar-refractivity contribution >= 4 is 5.91 Å². The van der Waals surface area contributed by atoms with Crippen LogP contribution in [0.1, 0.15) is 40.5 Å². The number of nitrogens with zero attached hydrogens (tertiary/aromatic N) is 1. The van der Waals surface area contributed by atoms with Gasteiger partial charge in [0.05, 0.1) is 12.6 Å². The van der Waals surface area contributed by atoms with E-state index in [-0.39, 0.29) is 23.4 Å². The van der Waals surface area contributed by atoms with E-state index in [0.29, 0.717) is 13.0 Å². The summed E-state index contributed by atoms with van der Waals surface area (Å²) in [5.74, 6) is 0.0892. The third-order valence-corrected chi connectivity index (χ3v) is 2.77. The smallest absolute Gasteiger partial charge is 0.224 e. The first-order valence-electron chi connectivity index (χ1n) is 6.17. The summed E-state index contributed by atoms with van der Waals surface area (Å²) in [6.07, 6.45) is 1.26. The van der Waals surface area contributed by atoms with Gasteiger partial charge in [0.1, 0.15) is 0 Å². The molecule has 0 saturated heterocycles. The zero-order chi connectivity index (χ0) is 13.6. The molecule has 0 aliphatic carbocycles. The first kappa shape index (κ1) is 16.4. The molecule has 4 nitrogen and oxygen atoms in total. The molecule has 2 atom stereocenters. The average Bonchev–Trinajstić information content (AvgIpc) is 2.13. The summed E-state index contributed by atoms with van der Waals surface area (Å²) in [6, 6.07) is 0.0223. The third-order valence-electron chi connectivity index (χ3n) is 2.77. The molecular formula is C13H28N2O2. The Kier molecular flexibility index (Phi) is 6.72. The Morgan fingerprint density at radius 1 is 1.41 bits per heavy atom. The number of methoxy groups -OCH3 is 1. The molecule has 0 bridgehead atoms. The normalized spacial score (nSPS) is 15.5. The fourth-order valence-electron chi connectivity index (χ4n) is 1.83. The largest absolute Gasteiger partial charge is 0.383 e. The molecule has 1 amide bonds. The monoisotopic (exact) mass is 244 g/mol. The van der Waals surface area contributed by atoms with E-state index >= 15 is 0 Å². The Morgan fingerprint density at radius 3 is 2.35 bits per heavy atom. The highest BCUT2D eigenvalue weighted by atomic mass is 16.5. The zero-order valence-electron chi connectivity index (χ0n) is 12.1. The van der Waals surface area contributed by atoms with Gasteiger partial charge in [-0.1, -0.05) is 20.8 Å². The van der Waals surface area contributed by atoms with Crippen LogP contribution in [0.5, 0.6) is 0 Å². The molecule has 102 valence electrons. The first-order valence-corrected chi connectivity index (χ1v) is 6.17. The van der Waals surface area contributed by atoms with Gasteiger partial charge in [-0.25, -0.2) is 0 Å². The van der Waals surface area contributed by atoms with E-state index in [9.17, 15) is 4.79 Å². The standard InChI is InChI=1S/C13H28N2O2/c1-10(9-17-6)15(5)12(16)7-11(14)8-13(2,3)4/h10-11H,7-9,14H2,1-6H3. The number of nitrogens with two attached hydrogens (primary N) is 1. The summed E-state index contributed by atoms with van der Waals surface area (Å²) >= 11 is 0. The summed E-state index contributed by atoms with van der Waals surface area (Å²) in [5, 5.41) is 0. The van der Waals surface area contributed by atoms with Crippen LogP contribution in [0, 0.1) is 5.41 Å². The maximum Gasteiger partial charge on any atom is 0.224 e. The molecule has 0 rings (SSSR count). The van der Waals surface area contributed by atoms with E-state index in [0.717, 1.165) is 6.42 Å². The molecule has 2 unspecified atom stereocenters. The Bertz CT molecular complexity index is 236. The number of likely N-dealkylation sites (N-methyl/N-ethyl adjacent to an activating group) is 1. The van der Waals surface area contributed by atoms with Gasteiger partial charge in [0.2, 0.25) is 5.91 Å². The van der Waals surface area contributed by atoms with E-state index in [4.69, 9.17) is 10.5 Å². The lowest BCUT2D eigenvalue weighted by atomic mass is 9.87. The van der Waals surface area contributed by atoms with E-state index in [1.165, 1.54) is 0 Å². The van der Waals surface area contributed by atoms with Gasteiger partial charge in [-0.05, 0) is 18.8 Å². The van der Waals surface area contributed by atoms with Crippen molar-refractivity contribution in [3.8, 4) is 0 Å². The van der Waals surface area contributed by atoms with Crippen molar-refractivity contribution in [1.29, 1.82) is 0 Å². The Labute approximate surface area is 105 Å². The molecule has 17 heavy (non-hydrogen) atoms. The maximum absolute atomic E-state index is 11.9. The van der Waals surface area contributed by atoms with Crippen molar-refractivity contribution in [3.63, 3.8) is 0 Å². The SMILES string of the molecule is COCC(C)N(C)C(=O)CC(N)CC(C)(C)C. The molecule has 0 aliphatic rings. The van der Waals surface area contributed by atoms with E-state index < -0.39 is 0 Å². The molecule has 0 heterocycles. The minimum atomic E-state index is -0.0697. The van der Waals surface area contributed by atoms with Crippen LogP contribution >= 0.6 is 0 Å². The van der Waals surface area contributed by atoms with Gasteiger partial charge in [-0.3, -0.25) is 4.79 Å². The van der Waals surface area contributed by atoms with Gasteiger partial charge in [0.25, 0.3) is 0 Å². The minimum absolute atomic E-state index is 0.0697. The van der Waals surface area contributed by atoms with E-state index in [2.05, 4.69) is 20.8 Å². The molecule has 4 heteroatoms. The number of carbonyl (C=O) groups is 1. The van der Waals surface area contributed by atoms with Gasteiger partial charge in [-0.15, -0.1) is 0 Å². The fourth-order valence-corrected chi connectivity index (χ4v) is 1.83. The predicted octanol–water partition coefficient (Wildman–Crippen LogP) is 1.63. The third kappa shape index (κ3) is 7.34. The Balaban J connectivity index is 4.16. The molecule has 0 aliphatic heterocycles. The topological polar surface area (TPSA) is 55.6 Å². The van der Waals surface area contributed by atoms with Crippen LogP contribution in [0.15, 0.2) is 0 Å². The van der Waals surface area contributed by atoms with Crippen molar-refractivity contribution in [3.05, 3.63) is 0 Å². The highest BCUT2D eigenvalue weighted by molar-refractivity contribution is 5.76. The highest BCUT2D eigenvalue weighted by Crippen LogP contribution is 2.21. The maximum atomic E-state index is 11.9. The second-order valence-corrected chi connectivity index (χ2v) is 6.04. The number of hydrogen-bond acceptors (Lipinski definition) is 3. The van der Waals surface area contributed by atoms with Crippen molar-refractivity contribution < 1.29 is 9.53 Å². The van der Waals surface area contributed by atoms with Gasteiger partial charge < -0.3 is 15.4 Å². The lowest BCUT2D eigenvalue weighted by Crippen LogP contribution is -2.41. The molecule has 0 fully saturated rings. The summed E-state index contributed by atoms with van der Waals surface area (Å²) in [7, 11) is 3.44. The number of ether oxygens (including phenoxy) is 1. The fraction of sp³-hybridized carbons (Fsp3) is 0.923. The minimum Gasteiger partial charge on any atom is -0.383 e. The van der Waals surface area contributed by atoms with Crippen molar-refractivity contribution in [2.75, 3.05) is 20.8 Å². The summed E-state index contributed by atoms with van der Waals surface area (Å²) < 4.78 is 5.04. The molecule has 0 aromatic carbocycles. The van der Waals surface area contributed by atoms with Crippen molar-refractivity contribution in [1.82, 2.24) is 4.90 Å². The van der Waals surface area contributed by atoms with Crippen molar-refractivity contribution in [2.45, 2.75) is 52.6 Å². The van der Waals surface area contributed by atoms with Crippen LogP contribution in [-0.2, 0) is 9.53 Å². The lowest BCUT2D eigenvalue weighted by molar-refractivity contribution is -0.133. The molecule has 0 radical (unpaired) electrons. The lowest BCUT2D eigenvalue weighted by Gasteiger charge is -2.27. The highest BCUT2D eigenvalue weighted by Gasteiger charge is 2.21. The average molecular weight is 244 g/mol. The molecular weight excluding hydrogens is 216 g/mol. The van der Waals surface area contributed by atoms with Gasteiger partial charge >= 0.3 is 0 Å². The number of hydrogen-bond donors (Lipinski definition) is 1. The van der Waals surface area contributed by atoms with Gasteiger partial charge in [-0.2, -0.15) is 0 Å². The number of rotatable bonds is 6. The summed E-state index contributed by atoms with van der Waals surface area (Å²) in [4.78, 5) is 13.7. The number of carbonyl (C=O) groups excluding carboxylic acids is 1. The first-order chi connectivity index (χ1) is 7.67. The zero-order valence-corrected chi connectivity index (χ0v) is 12.1. The summed E-state index contributed by atoms with van der Waals surface area (Å²) in [5.41, 5.74) is 6.16. The van der Waals surface area contributed by atoms with Crippen LogP contribution in [-0.4, -0.2) is 43.7 Å². The van der Waals surface area contributed by atoms with Crippen molar-refractivity contribution in [2.24, 2.45) is 11.1 Å². The molecule has 0 spiro atoms. The van der Waals surface area contributed by atoms with Crippen LogP contribution < -0.4 is 5.73 Å². The summed E-state index contributed by atoms with van der Waals surface area (Å²) in [6.45, 7) is 8.92. The van der Waals surface area contributed by atoms with E-state index in [1.807, 2.05) is 6.92 Å². The molecule has 2 N–H and O–H groups in total. The second-order valence-electron chi connectivity index (χ2n) is 6.04. The van der Waals surface area contributed by atoms with Gasteiger partial charge in [0.15, 0.2) is 0 Å². The van der Waals surface area contributed by atoms with Crippen LogP contribution in [0.2, 0.25) is 0 Å². The van der Waals surface area contributed by atoms with E-state index in [1.54, 1.807) is 19.1 Å². The van der Waals surface area contributed by atoms with Crippen LogP contribution in [0.3, 0.4) is 0 Å². The van der Waals surface area contributed by atoms with Crippen LogP contribution in [0.25, 0.3) is 0 Å². The van der Waals surface area contributed by atoms with Crippen LogP contribution in [0.4, 0.5) is 0 Å². The molecule has 0 aromatic heterocycles. The second kappa shape index (κ2) is 6.97. The Morgan fingerprint density at radius 2 is 1.94 bits per heavy atom. The predicted molar refractivity (Wildman–Crippen MR) is 70.8 cm³/mol. The Hall–Kier alpha value is -0.610. The molecule has 0 saturated carbocycles. The van der Waals surface area contributed by atoms with Gasteiger partial charge in [0, 0.05) is 26.6 Å². The quantitative estimate of drug-likeness (QED) is 0.772. The molecule has 0 aromatic rings. The number of amides is 1.